The van der Waals surface area contributed by atoms with Gasteiger partial charge in [0, 0.05) is 24.2 Å². The minimum absolute atomic E-state index is 0.118. The smallest absolute Gasteiger partial charge is 0.252 e. The topological polar surface area (TPSA) is 79.4 Å². The quantitative estimate of drug-likeness (QED) is 0.863. The van der Waals surface area contributed by atoms with Crippen LogP contribution in [0, 0.1) is 12.8 Å². The molecular weight excluding hydrogens is 358 g/mol. The van der Waals surface area contributed by atoms with E-state index in [1.807, 2.05) is 25.1 Å². The summed E-state index contributed by atoms with van der Waals surface area (Å²) in [6.07, 6.45) is 3.06. The summed E-state index contributed by atoms with van der Waals surface area (Å²) in [7, 11) is -3.52. The molecule has 6 nitrogen and oxygen atoms in total. The summed E-state index contributed by atoms with van der Waals surface area (Å²) in [4.78, 5) is 17.6. The van der Waals surface area contributed by atoms with E-state index in [1.54, 1.807) is 18.3 Å². The molecule has 1 amide bonds. The summed E-state index contributed by atoms with van der Waals surface area (Å²) in [5.74, 6) is -0.443. The number of aryl methyl sites for hydroxylation is 1. The van der Waals surface area contributed by atoms with Crippen molar-refractivity contribution in [2.24, 2.45) is 5.92 Å². The standard InChI is InChI=1S/C17H21N3O3S2/c1-13-7-8-16(24-13)25(22,23)20-10-4-5-14(12-20)17(21)19-11-15-6-2-3-9-18-15/h2-3,6-9,14H,4-5,10-12H2,1H3,(H,19,21). The van der Waals surface area contributed by atoms with Crippen molar-refractivity contribution in [3.05, 3.63) is 47.1 Å². The number of hydrogen-bond donors (Lipinski definition) is 1. The Morgan fingerprint density at radius 3 is 2.88 bits per heavy atom. The molecule has 0 bridgehead atoms. The van der Waals surface area contributed by atoms with Gasteiger partial charge in [0.2, 0.25) is 5.91 Å². The van der Waals surface area contributed by atoms with Crippen molar-refractivity contribution in [2.45, 2.75) is 30.5 Å². The molecule has 3 rings (SSSR count). The summed E-state index contributed by atoms with van der Waals surface area (Å²) >= 11 is 1.27. The van der Waals surface area contributed by atoms with Crippen LogP contribution >= 0.6 is 11.3 Å². The van der Waals surface area contributed by atoms with E-state index in [2.05, 4.69) is 10.3 Å². The number of carbonyl (C=O) groups is 1. The Morgan fingerprint density at radius 1 is 1.36 bits per heavy atom. The van der Waals surface area contributed by atoms with Gasteiger partial charge in [0.15, 0.2) is 0 Å². The molecule has 1 saturated heterocycles. The predicted molar refractivity (Wildman–Crippen MR) is 96.6 cm³/mol. The van der Waals surface area contributed by atoms with Gasteiger partial charge >= 0.3 is 0 Å². The molecule has 1 N–H and O–H groups in total. The first kappa shape index (κ1) is 18.0. The van der Waals surface area contributed by atoms with E-state index in [-0.39, 0.29) is 18.4 Å². The second-order valence-electron chi connectivity index (χ2n) is 6.11. The number of aromatic nitrogens is 1. The maximum Gasteiger partial charge on any atom is 0.252 e. The highest BCUT2D eigenvalue weighted by Crippen LogP contribution is 2.28. The van der Waals surface area contributed by atoms with E-state index >= 15 is 0 Å². The zero-order chi connectivity index (χ0) is 17.9. The van der Waals surface area contributed by atoms with Crippen LogP contribution in [0.5, 0.6) is 0 Å². The van der Waals surface area contributed by atoms with Gasteiger partial charge in [0.1, 0.15) is 4.21 Å². The van der Waals surface area contributed by atoms with Crippen LogP contribution in [0.1, 0.15) is 23.4 Å². The van der Waals surface area contributed by atoms with E-state index in [4.69, 9.17) is 0 Å². The fourth-order valence-corrected chi connectivity index (χ4v) is 5.84. The third kappa shape index (κ3) is 4.26. The van der Waals surface area contributed by atoms with Gasteiger partial charge in [-0.2, -0.15) is 4.31 Å². The molecule has 8 heteroatoms. The lowest BCUT2D eigenvalue weighted by atomic mass is 9.99. The second kappa shape index (κ2) is 7.63. The Bertz CT molecular complexity index is 834. The SMILES string of the molecule is Cc1ccc(S(=O)(=O)N2CCCC(C(=O)NCc3ccccn3)C2)s1. The molecule has 0 aromatic carbocycles. The van der Waals surface area contributed by atoms with Gasteiger partial charge in [-0.3, -0.25) is 9.78 Å². The molecule has 1 aliphatic heterocycles. The summed E-state index contributed by atoms with van der Waals surface area (Å²) in [6.45, 7) is 2.93. The van der Waals surface area contributed by atoms with Crippen molar-refractivity contribution in [3.8, 4) is 0 Å². The van der Waals surface area contributed by atoms with Crippen LogP contribution in [0.4, 0.5) is 0 Å². The molecular formula is C17H21N3O3S2. The van der Waals surface area contributed by atoms with Gasteiger partial charge in [0.05, 0.1) is 18.2 Å². The zero-order valence-electron chi connectivity index (χ0n) is 14.0. The Labute approximate surface area is 151 Å². The first-order valence-corrected chi connectivity index (χ1v) is 10.5. The van der Waals surface area contributed by atoms with E-state index < -0.39 is 10.0 Å². The second-order valence-corrected chi connectivity index (χ2v) is 9.56. The fraction of sp³-hybridized carbons (Fsp3) is 0.412. The van der Waals surface area contributed by atoms with Crippen LogP contribution in [0.25, 0.3) is 0 Å². The number of hydrogen-bond acceptors (Lipinski definition) is 5. The molecule has 1 aliphatic rings. The molecule has 0 radical (unpaired) electrons. The van der Waals surface area contributed by atoms with Crippen LogP contribution in [0.2, 0.25) is 0 Å². The number of amides is 1. The molecule has 1 unspecified atom stereocenters. The van der Waals surface area contributed by atoms with Gasteiger partial charge in [-0.25, -0.2) is 8.42 Å². The van der Waals surface area contributed by atoms with Crippen molar-refractivity contribution in [2.75, 3.05) is 13.1 Å². The average Bonchev–Trinajstić information content (AvgIpc) is 3.08. The normalized spacial score (nSPS) is 18.8. The summed E-state index contributed by atoms with van der Waals surface area (Å²) < 4.78 is 27.3. The Hall–Kier alpha value is -1.77. The number of nitrogens with one attached hydrogen (secondary N) is 1. The highest BCUT2D eigenvalue weighted by atomic mass is 32.2. The lowest BCUT2D eigenvalue weighted by molar-refractivity contribution is -0.126. The van der Waals surface area contributed by atoms with Crippen LogP contribution in [0.15, 0.2) is 40.7 Å². The van der Waals surface area contributed by atoms with Gasteiger partial charge in [-0.1, -0.05) is 6.07 Å². The maximum absolute atomic E-state index is 12.7. The number of thiophene rings is 1. The molecule has 0 spiro atoms. The first-order chi connectivity index (χ1) is 12.0. The molecule has 2 aromatic heterocycles. The van der Waals surface area contributed by atoms with Gasteiger partial charge in [-0.05, 0) is 44.0 Å². The zero-order valence-corrected chi connectivity index (χ0v) is 15.6. The minimum Gasteiger partial charge on any atom is -0.350 e. The molecule has 0 saturated carbocycles. The number of sulfonamides is 1. The third-order valence-corrected chi connectivity index (χ3v) is 7.57. The van der Waals surface area contributed by atoms with Crippen molar-refractivity contribution >= 4 is 27.3 Å². The molecule has 1 atom stereocenters. The Balaban J connectivity index is 1.63. The minimum atomic E-state index is -3.52. The van der Waals surface area contributed by atoms with Crippen molar-refractivity contribution in [3.63, 3.8) is 0 Å². The molecule has 134 valence electrons. The van der Waals surface area contributed by atoms with Crippen LogP contribution < -0.4 is 5.32 Å². The monoisotopic (exact) mass is 379 g/mol. The fourth-order valence-electron chi connectivity index (χ4n) is 2.88. The Kier molecular flexibility index (Phi) is 5.51. The Morgan fingerprint density at radius 2 is 2.20 bits per heavy atom. The average molecular weight is 380 g/mol. The lowest BCUT2D eigenvalue weighted by Gasteiger charge is -2.30. The number of carbonyl (C=O) groups excluding carboxylic acids is 1. The van der Waals surface area contributed by atoms with Crippen molar-refractivity contribution in [1.29, 1.82) is 0 Å². The van der Waals surface area contributed by atoms with Gasteiger partial charge in [0.25, 0.3) is 10.0 Å². The summed E-state index contributed by atoms with van der Waals surface area (Å²) in [5.41, 5.74) is 0.783. The predicted octanol–water partition coefficient (Wildman–Crippen LogP) is 2.17. The van der Waals surface area contributed by atoms with Gasteiger partial charge < -0.3 is 5.32 Å². The summed E-state index contributed by atoms with van der Waals surface area (Å²) in [6, 6.07) is 8.98. The van der Waals surface area contributed by atoms with Crippen LogP contribution in [-0.4, -0.2) is 36.7 Å². The largest absolute Gasteiger partial charge is 0.350 e. The van der Waals surface area contributed by atoms with Crippen molar-refractivity contribution < 1.29 is 13.2 Å². The lowest BCUT2D eigenvalue weighted by Crippen LogP contribution is -2.45. The van der Waals surface area contributed by atoms with Gasteiger partial charge in [-0.15, -0.1) is 11.3 Å². The van der Waals surface area contributed by atoms with Crippen molar-refractivity contribution in [1.82, 2.24) is 14.6 Å². The highest BCUT2D eigenvalue weighted by Gasteiger charge is 2.33. The van der Waals surface area contributed by atoms with E-state index in [1.165, 1.54) is 15.6 Å². The van der Waals surface area contributed by atoms with Crippen LogP contribution in [-0.2, 0) is 21.4 Å². The molecule has 3 heterocycles. The third-order valence-electron chi connectivity index (χ3n) is 4.23. The summed E-state index contributed by atoms with van der Waals surface area (Å²) in [5, 5.41) is 2.86. The molecule has 1 fully saturated rings. The number of piperidine rings is 1. The van der Waals surface area contributed by atoms with Crippen LogP contribution in [0.3, 0.4) is 0 Å². The van der Waals surface area contributed by atoms with E-state index in [0.717, 1.165) is 10.6 Å². The molecule has 0 aliphatic carbocycles. The van der Waals surface area contributed by atoms with E-state index in [9.17, 15) is 13.2 Å². The highest BCUT2D eigenvalue weighted by molar-refractivity contribution is 7.91. The molecule has 2 aromatic rings. The first-order valence-electron chi connectivity index (χ1n) is 8.21. The molecule has 25 heavy (non-hydrogen) atoms. The number of rotatable bonds is 5. The number of pyridine rings is 1. The number of nitrogens with zero attached hydrogens (tertiary/aromatic N) is 2. The van der Waals surface area contributed by atoms with E-state index in [0.29, 0.717) is 30.1 Å². The maximum atomic E-state index is 12.7.